The highest BCUT2D eigenvalue weighted by Crippen LogP contribution is 2.13. The number of carboxylic acids is 1. The molecular formula is C7H8N2O2S. The van der Waals surface area contributed by atoms with Crippen molar-refractivity contribution in [2.45, 2.75) is 12.1 Å². The molecule has 1 rings (SSSR count). The zero-order valence-corrected chi connectivity index (χ0v) is 7.26. The Balaban J connectivity index is 2.48. The van der Waals surface area contributed by atoms with Gasteiger partial charge < -0.3 is 10.1 Å². The van der Waals surface area contributed by atoms with E-state index in [2.05, 4.69) is 9.97 Å². The van der Waals surface area contributed by atoms with E-state index in [0.29, 0.717) is 5.16 Å². The first-order chi connectivity index (χ1) is 5.68. The van der Waals surface area contributed by atoms with E-state index >= 15 is 0 Å². The number of thioether (sulfide) groups is 1. The minimum absolute atomic E-state index is 0.699. The summed E-state index contributed by atoms with van der Waals surface area (Å²) in [5.41, 5.74) is 0.890. The molecule has 0 radical (unpaired) electrons. The molecule has 1 aromatic heterocycles. The normalized spacial score (nSPS) is 10.8. The van der Waals surface area contributed by atoms with E-state index in [4.69, 9.17) is 5.11 Å². The van der Waals surface area contributed by atoms with Crippen LogP contribution < -0.4 is 0 Å². The molecule has 0 aliphatic rings. The zero-order valence-electron chi connectivity index (χ0n) is 6.44. The lowest BCUT2D eigenvalue weighted by molar-refractivity contribution is -0.131. The van der Waals surface area contributed by atoms with Gasteiger partial charge in [-0.2, -0.15) is 0 Å². The van der Waals surface area contributed by atoms with Crippen molar-refractivity contribution >= 4 is 17.7 Å². The summed E-state index contributed by atoms with van der Waals surface area (Å²) in [4.78, 5) is 17.0. The van der Waals surface area contributed by atoms with Crippen LogP contribution in [0.15, 0.2) is 22.8 Å². The third-order valence-electron chi connectivity index (χ3n) is 1.07. The van der Waals surface area contributed by atoms with Gasteiger partial charge in [0.2, 0.25) is 0 Å². The van der Waals surface area contributed by atoms with Crippen LogP contribution in [0.5, 0.6) is 0 Å². The minimum Gasteiger partial charge on any atom is -0.478 e. The lowest BCUT2D eigenvalue weighted by Crippen LogP contribution is -1.84. The van der Waals surface area contributed by atoms with Crippen molar-refractivity contribution in [3.05, 3.63) is 23.4 Å². The van der Waals surface area contributed by atoms with Crippen LogP contribution in [0.3, 0.4) is 0 Å². The molecule has 4 nitrogen and oxygen atoms in total. The number of nitrogens with one attached hydrogen (secondary N) is 1. The second kappa shape index (κ2) is 3.96. The fraction of sp³-hybridized carbons (Fsp3) is 0.143. The predicted octanol–water partition coefficient (Wildman–Crippen LogP) is 1.41. The van der Waals surface area contributed by atoms with Crippen LogP contribution in [0.2, 0.25) is 0 Å². The Labute approximate surface area is 73.7 Å². The van der Waals surface area contributed by atoms with Crippen LogP contribution in [0.4, 0.5) is 0 Å². The molecule has 0 saturated carbocycles. The monoisotopic (exact) mass is 184 g/mol. The Morgan fingerprint density at radius 3 is 3.08 bits per heavy atom. The fourth-order valence-electron chi connectivity index (χ4n) is 0.608. The molecule has 0 bridgehead atoms. The van der Waals surface area contributed by atoms with Gasteiger partial charge in [0.05, 0.1) is 5.69 Å². The maximum absolute atomic E-state index is 10.1. The second-order valence-corrected chi connectivity index (χ2v) is 3.00. The van der Waals surface area contributed by atoms with Gasteiger partial charge in [0.25, 0.3) is 0 Å². The highest BCUT2D eigenvalue weighted by Gasteiger charge is 1.94. The van der Waals surface area contributed by atoms with Crippen LogP contribution >= 0.6 is 11.8 Å². The number of aromatic amines is 1. The van der Waals surface area contributed by atoms with Gasteiger partial charge in [0.1, 0.15) is 0 Å². The number of carboxylic acid groups (broad SMARTS) is 1. The van der Waals surface area contributed by atoms with E-state index in [1.807, 2.05) is 6.92 Å². The Kier molecular flexibility index (Phi) is 2.93. The van der Waals surface area contributed by atoms with Crippen molar-refractivity contribution in [1.82, 2.24) is 9.97 Å². The number of imidazole rings is 1. The first-order valence-corrected chi connectivity index (χ1v) is 4.14. The Morgan fingerprint density at radius 1 is 1.83 bits per heavy atom. The molecule has 0 unspecified atom stereocenters. The first kappa shape index (κ1) is 8.86. The van der Waals surface area contributed by atoms with Gasteiger partial charge >= 0.3 is 5.97 Å². The summed E-state index contributed by atoms with van der Waals surface area (Å²) in [5.74, 6) is -0.953. The van der Waals surface area contributed by atoms with Crippen LogP contribution in [0.25, 0.3) is 0 Å². The lowest BCUT2D eigenvalue weighted by atomic mass is 10.6. The molecule has 0 aliphatic carbocycles. The van der Waals surface area contributed by atoms with E-state index in [1.165, 1.54) is 17.2 Å². The third kappa shape index (κ3) is 2.79. The number of carbonyl (C=O) groups is 1. The Morgan fingerprint density at radius 2 is 2.58 bits per heavy atom. The third-order valence-corrected chi connectivity index (χ3v) is 1.78. The maximum Gasteiger partial charge on any atom is 0.328 e. The lowest BCUT2D eigenvalue weighted by Gasteiger charge is -1.84. The minimum atomic E-state index is -0.953. The van der Waals surface area contributed by atoms with E-state index in [1.54, 1.807) is 6.20 Å². The van der Waals surface area contributed by atoms with Crippen molar-refractivity contribution in [3.8, 4) is 0 Å². The van der Waals surface area contributed by atoms with Crippen molar-refractivity contribution < 1.29 is 9.90 Å². The number of aliphatic carboxylic acids is 1. The van der Waals surface area contributed by atoms with Crippen LogP contribution in [-0.2, 0) is 4.79 Å². The molecule has 0 aliphatic heterocycles. The van der Waals surface area contributed by atoms with Gasteiger partial charge in [-0.15, -0.1) is 0 Å². The Bertz CT molecular complexity index is 306. The van der Waals surface area contributed by atoms with Gasteiger partial charge in [-0.3, -0.25) is 0 Å². The maximum atomic E-state index is 10.1. The average molecular weight is 184 g/mol. The highest BCUT2D eigenvalue weighted by atomic mass is 32.2. The fourth-order valence-corrected chi connectivity index (χ4v) is 1.24. The van der Waals surface area contributed by atoms with Crippen LogP contribution in [0.1, 0.15) is 5.69 Å². The van der Waals surface area contributed by atoms with Crippen molar-refractivity contribution in [2.24, 2.45) is 0 Å². The molecule has 1 aromatic rings. The topological polar surface area (TPSA) is 66.0 Å². The standard InChI is InChI=1S/C7H8N2O2S/c1-5-4-8-7(9-5)12-3-2-6(10)11/h2-4H,1H3,(H,8,9)(H,10,11). The molecular weight excluding hydrogens is 176 g/mol. The summed E-state index contributed by atoms with van der Waals surface area (Å²) in [7, 11) is 0. The van der Waals surface area contributed by atoms with E-state index < -0.39 is 5.97 Å². The summed E-state index contributed by atoms with van der Waals surface area (Å²) >= 11 is 1.24. The Hall–Kier alpha value is -1.23. The second-order valence-electron chi connectivity index (χ2n) is 2.11. The highest BCUT2D eigenvalue weighted by molar-refractivity contribution is 8.02. The molecule has 0 aromatic carbocycles. The molecule has 64 valence electrons. The quantitative estimate of drug-likeness (QED) is 0.550. The number of rotatable bonds is 3. The van der Waals surface area contributed by atoms with Gasteiger partial charge in [0.15, 0.2) is 5.16 Å². The number of aromatic nitrogens is 2. The zero-order chi connectivity index (χ0) is 8.97. The van der Waals surface area contributed by atoms with Gasteiger partial charge in [-0.25, -0.2) is 9.78 Å². The van der Waals surface area contributed by atoms with E-state index in [0.717, 1.165) is 11.8 Å². The van der Waals surface area contributed by atoms with Gasteiger partial charge in [-0.05, 0) is 12.3 Å². The number of nitrogens with zero attached hydrogens (tertiary/aromatic N) is 1. The summed E-state index contributed by atoms with van der Waals surface area (Å²) < 4.78 is 0. The summed E-state index contributed by atoms with van der Waals surface area (Å²) in [5, 5.41) is 10.4. The number of hydrogen-bond acceptors (Lipinski definition) is 3. The smallest absolute Gasteiger partial charge is 0.328 e. The SMILES string of the molecule is Cc1c[nH]c(SC=CC(=O)O)n1. The summed E-state index contributed by atoms with van der Waals surface area (Å²) in [6, 6.07) is 0. The summed E-state index contributed by atoms with van der Waals surface area (Å²) in [6.07, 6.45) is 2.83. The molecule has 0 atom stereocenters. The molecule has 5 heteroatoms. The molecule has 0 amide bonds. The average Bonchev–Trinajstić information content (AvgIpc) is 2.35. The van der Waals surface area contributed by atoms with Crippen LogP contribution in [0, 0.1) is 6.92 Å². The predicted molar refractivity (Wildman–Crippen MR) is 46.0 cm³/mol. The molecule has 1 heterocycles. The molecule has 12 heavy (non-hydrogen) atoms. The van der Waals surface area contributed by atoms with Gasteiger partial charge in [-0.1, -0.05) is 11.8 Å². The van der Waals surface area contributed by atoms with E-state index in [-0.39, 0.29) is 0 Å². The number of H-pyrrole nitrogens is 1. The van der Waals surface area contributed by atoms with Gasteiger partial charge in [0, 0.05) is 12.3 Å². The molecule has 0 spiro atoms. The van der Waals surface area contributed by atoms with E-state index in [9.17, 15) is 4.79 Å². The van der Waals surface area contributed by atoms with Crippen molar-refractivity contribution in [3.63, 3.8) is 0 Å². The number of aryl methyl sites for hydroxylation is 1. The van der Waals surface area contributed by atoms with Crippen molar-refractivity contribution in [1.29, 1.82) is 0 Å². The molecule has 2 N–H and O–H groups in total. The molecule has 0 saturated heterocycles. The molecule has 0 fully saturated rings. The van der Waals surface area contributed by atoms with Crippen molar-refractivity contribution in [2.75, 3.05) is 0 Å². The largest absolute Gasteiger partial charge is 0.478 e. The van der Waals surface area contributed by atoms with Crippen LogP contribution in [-0.4, -0.2) is 21.0 Å². The summed E-state index contributed by atoms with van der Waals surface area (Å²) in [6.45, 7) is 1.86. The first-order valence-electron chi connectivity index (χ1n) is 3.26. The number of hydrogen-bond donors (Lipinski definition) is 2.